The molecule has 0 saturated carbocycles. The molecule has 52 heavy (non-hydrogen) atoms. The molecule has 2 aromatic carbocycles. The minimum absolute atomic E-state index is 0.113. The van der Waals surface area contributed by atoms with Gasteiger partial charge in [0.2, 0.25) is 10.0 Å². The number of H-pyrrole nitrogens is 1. The number of carbonyl (C=O) groups excluding carboxylic acids is 1. The van der Waals surface area contributed by atoms with Crippen molar-refractivity contribution in [1.29, 1.82) is 0 Å². The highest BCUT2D eigenvalue weighted by molar-refractivity contribution is 7.91. The number of alkyl halides is 6. The second-order valence-electron chi connectivity index (χ2n) is 11.9. The number of hydrogen-bond donors (Lipinski definition) is 3. The van der Waals surface area contributed by atoms with Crippen LogP contribution in [0.5, 0.6) is 0 Å². The van der Waals surface area contributed by atoms with Gasteiger partial charge in [-0.3, -0.25) is 14.2 Å². The van der Waals surface area contributed by atoms with E-state index in [1.165, 1.54) is 33.9 Å². The minimum atomic E-state index is -4.79. The summed E-state index contributed by atoms with van der Waals surface area (Å²) in [5, 5.41) is 7.74. The van der Waals surface area contributed by atoms with E-state index in [-0.39, 0.29) is 61.4 Å². The summed E-state index contributed by atoms with van der Waals surface area (Å²) < 4.78 is 112. The van der Waals surface area contributed by atoms with E-state index in [0.29, 0.717) is 6.07 Å². The Kier molecular flexibility index (Phi) is 10.7. The maximum absolute atomic E-state index is 13.7. The van der Waals surface area contributed by atoms with Gasteiger partial charge in [-0.2, -0.15) is 41.2 Å². The molecule has 0 bridgehead atoms. The molecule has 0 saturated heterocycles. The van der Waals surface area contributed by atoms with Crippen molar-refractivity contribution in [2.75, 3.05) is 23.9 Å². The lowest BCUT2D eigenvalue weighted by Gasteiger charge is -2.18. The smallest absolute Gasteiger partial charge is 0.417 e. The Morgan fingerprint density at radius 1 is 0.865 bits per heavy atom. The van der Waals surface area contributed by atoms with E-state index >= 15 is 0 Å². The van der Waals surface area contributed by atoms with Crippen molar-refractivity contribution in [2.45, 2.75) is 52.1 Å². The third-order valence-corrected chi connectivity index (χ3v) is 7.88. The summed E-state index contributed by atoms with van der Waals surface area (Å²) in [5.41, 5.74) is 0.342. The molecule has 0 aliphatic heterocycles. The fourth-order valence-corrected chi connectivity index (χ4v) is 5.68. The Balaban J connectivity index is 0.000000239. The lowest BCUT2D eigenvalue weighted by molar-refractivity contribution is -0.137. The summed E-state index contributed by atoms with van der Waals surface area (Å²) in [7, 11) is -2.86. The number of halogens is 6. The van der Waals surface area contributed by atoms with Gasteiger partial charge >= 0.3 is 24.0 Å². The van der Waals surface area contributed by atoms with Crippen LogP contribution in [-0.2, 0) is 27.1 Å². The van der Waals surface area contributed by atoms with Gasteiger partial charge in [-0.1, -0.05) is 0 Å². The van der Waals surface area contributed by atoms with Gasteiger partial charge in [0.05, 0.1) is 52.3 Å². The standard InChI is InChI=1S/C16H16F3N5O4S.C15H16F3N3O2/c1-8(2)23-13(4-5-20-23)9-6-10-12(7-11(9)16(17,18)19)21-15(26)24(14(10)25)22-29(3,27)28;1-8(2)21-13(4-5-20-21)9-6-10(14(22)23-3)12(19)7-11(9)15(16,17)18/h4-8,22H,1-3H3,(H,21,26);4-8H,19H2,1-3H3. The summed E-state index contributed by atoms with van der Waals surface area (Å²) in [5.74, 6) is -0.798. The number of hydrogen-bond acceptors (Lipinski definition) is 9. The number of methoxy groups -OCH3 is 1. The summed E-state index contributed by atoms with van der Waals surface area (Å²) in [6.07, 6.45) is -5.95. The molecular formula is C31H32F6N8O6S. The number of benzene rings is 2. The number of aromatic nitrogens is 6. The highest BCUT2D eigenvalue weighted by Gasteiger charge is 2.37. The second-order valence-corrected chi connectivity index (χ2v) is 13.6. The van der Waals surface area contributed by atoms with E-state index in [1.54, 1.807) is 32.5 Å². The lowest BCUT2D eigenvalue weighted by atomic mass is 9.98. The van der Waals surface area contributed by atoms with E-state index in [2.05, 4.69) is 19.9 Å². The van der Waals surface area contributed by atoms with Gasteiger partial charge in [0.1, 0.15) is 0 Å². The maximum Gasteiger partial charge on any atom is 0.417 e. The van der Waals surface area contributed by atoms with Gasteiger partial charge in [-0.15, -0.1) is 0 Å². The SMILES string of the molecule is CC(C)n1nccc1-c1cc2c(=O)n(NS(C)(=O)=O)c(=O)[nH]c2cc1C(F)(F)F.COC(=O)c1cc(-c2ccnn2C(C)C)c(C(F)(F)F)cc1N. The molecule has 5 aromatic rings. The van der Waals surface area contributed by atoms with E-state index < -0.39 is 50.7 Å². The monoisotopic (exact) mass is 758 g/mol. The Bertz CT molecular complexity index is 2370. The third kappa shape index (κ3) is 8.13. The predicted molar refractivity (Wildman–Crippen MR) is 178 cm³/mol. The number of nitrogens with one attached hydrogen (secondary N) is 2. The fourth-order valence-electron chi connectivity index (χ4n) is 5.19. The number of anilines is 1. The zero-order valence-electron chi connectivity index (χ0n) is 28.2. The molecule has 4 N–H and O–H groups in total. The first-order valence-corrected chi connectivity index (χ1v) is 16.9. The van der Waals surface area contributed by atoms with E-state index in [9.17, 15) is 49.1 Å². The molecule has 0 spiro atoms. The number of ether oxygens (including phenoxy) is 1. The average molecular weight is 759 g/mol. The van der Waals surface area contributed by atoms with Crippen LogP contribution in [0.1, 0.15) is 61.3 Å². The molecule has 0 amide bonds. The molecule has 3 heterocycles. The molecule has 0 aliphatic rings. The number of carbonyl (C=O) groups is 1. The first kappa shape index (κ1) is 39.2. The van der Waals surface area contributed by atoms with Crippen molar-refractivity contribution in [1.82, 2.24) is 29.2 Å². The number of esters is 1. The van der Waals surface area contributed by atoms with Crippen LogP contribution in [0.3, 0.4) is 0 Å². The van der Waals surface area contributed by atoms with E-state index in [0.717, 1.165) is 31.6 Å². The van der Waals surface area contributed by atoms with Crippen LogP contribution in [0, 0.1) is 0 Å². The molecule has 5 rings (SSSR count). The summed E-state index contributed by atoms with van der Waals surface area (Å²) in [4.78, 5) is 40.2. The number of nitrogen functional groups attached to an aromatic ring is 1. The van der Waals surface area contributed by atoms with Gasteiger partial charge in [-0.25, -0.2) is 22.8 Å². The van der Waals surface area contributed by atoms with Gasteiger partial charge < -0.3 is 15.5 Å². The van der Waals surface area contributed by atoms with Crippen LogP contribution >= 0.6 is 0 Å². The molecule has 280 valence electrons. The van der Waals surface area contributed by atoms with Crippen LogP contribution in [0.4, 0.5) is 32.0 Å². The molecule has 0 aliphatic carbocycles. The first-order valence-electron chi connectivity index (χ1n) is 15.0. The number of rotatable bonds is 7. The van der Waals surface area contributed by atoms with Crippen molar-refractivity contribution in [2.24, 2.45) is 0 Å². The van der Waals surface area contributed by atoms with Gasteiger partial charge in [0.25, 0.3) is 5.56 Å². The number of nitrogens with zero attached hydrogens (tertiary/aromatic N) is 5. The van der Waals surface area contributed by atoms with Crippen molar-refractivity contribution >= 4 is 32.6 Å². The number of sulfonamides is 1. The molecule has 0 radical (unpaired) electrons. The zero-order valence-corrected chi connectivity index (χ0v) is 29.0. The van der Waals surface area contributed by atoms with Crippen LogP contribution in [-0.4, -0.2) is 57.0 Å². The summed E-state index contributed by atoms with van der Waals surface area (Å²) >= 11 is 0. The first-order chi connectivity index (χ1) is 24.0. The molecule has 0 atom stereocenters. The zero-order chi connectivity index (χ0) is 39.1. The molecule has 21 heteroatoms. The Morgan fingerprint density at radius 3 is 1.79 bits per heavy atom. The summed E-state index contributed by atoms with van der Waals surface area (Å²) in [6, 6.07) is 5.87. The normalized spacial score (nSPS) is 12.3. The predicted octanol–water partition coefficient (Wildman–Crippen LogP) is 5.17. The van der Waals surface area contributed by atoms with Gasteiger partial charge in [0.15, 0.2) is 0 Å². The van der Waals surface area contributed by atoms with Crippen LogP contribution < -0.4 is 21.8 Å². The average Bonchev–Trinajstić information content (AvgIpc) is 3.72. The van der Waals surface area contributed by atoms with Crippen molar-refractivity contribution in [3.63, 3.8) is 0 Å². The highest BCUT2D eigenvalue weighted by atomic mass is 32.2. The molecule has 0 unspecified atom stereocenters. The van der Waals surface area contributed by atoms with Gasteiger partial charge in [-0.05, 0) is 64.1 Å². The summed E-state index contributed by atoms with van der Waals surface area (Å²) in [6.45, 7) is 7.04. The van der Waals surface area contributed by atoms with Crippen LogP contribution in [0.2, 0.25) is 0 Å². The van der Waals surface area contributed by atoms with Crippen LogP contribution in [0.25, 0.3) is 33.4 Å². The van der Waals surface area contributed by atoms with E-state index in [4.69, 9.17) is 5.73 Å². The Morgan fingerprint density at radius 2 is 1.35 bits per heavy atom. The Labute approximate surface area is 290 Å². The van der Waals surface area contributed by atoms with Crippen molar-refractivity contribution < 1.29 is 44.3 Å². The quantitative estimate of drug-likeness (QED) is 0.114. The molecule has 0 fully saturated rings. The second kappa shape index (κ2) is 14.2. The number of fused-ring (bicyclic) bond motifs is 1. The topological polar surface area (TPSA) is 189 Å². The van der Waals surface area contributed by atoms with Gasteiger partial charge in [0, 0.05) is 41.3 Å². The van der Waals surface area contributed by atoms with Crippen molar-refractivity contribution in [3.05, 3.63) is 86.3 Å². The number of nitrogens with two attached hydrogens (primary N) is 1. The van der Waals surface area contributed by atoms with E-state index in [1.807, 2.05) is 0 Å². The Hall–Kier alpha value is -5.60. The van der Waals surface area contributed by atoms with Crippen molar-refractivity contribution in [3.8, 4) is 22.5 Å². The fraction of sp³-hybridized carbons (Fsp3) is 0.323. The largest absolute Gasteiger partial charge is 0.465 e. The number of aromatic amines is 1. The molecular weight excluding hydrogens is 726 g/mol. The maximum atomic E-state index is 13.7. The molecule has 3 aromatic heterocycles. The third-order valence-electron chi connectivity index (χ3n) is 7.37. The molecule has 14 nitrogen and oxygen atoms in total. The van der Waals surface area contributed by atoms with Crippen LogP contribution in [0.15, 0.2) is 58.4 Å². The minimum Gasteiger partial charge on any atom is -0.465 e. The highest BCUT2D eigenvalue weighted by Crippen LogP contribution is 2.41. The lowest BCUT2D eigenvalue weighted by Crippen LogP contribution is -2.43.